The SMILES string of the molecule is Cc1ncc2c(c1-c1noc(Cc3ccc(N4CCNC4=O)cc3)n1)CCNC2. The number of pyridine rings is 1. The number of carbonyl (C=O) groups is 1. The van der Waals surface area contributed by atoms with Gasteiger partial charge in [0.2, 0.25) is 11.7 Å². The first-order valence-electron chi connectivity index (χ1n) is 9.84. The van der Waals surface area contributed by atoms with E-state index in [4.69, 9.17) is 4.52 Å². The molecule has 3 aromatic rings. The second kappa shape index (κ2) is 7.29. The Morgan fingerprint density at radius 2 is 2.07 bits per heavy atom. The fourth-order valence-corrected chi connectivity index (χ4v) is 3.98. The molecule has 8 heteroatoms. The molecule has 0 spiro atoms. The molecule has 29 heavy (non-hydrogen) atoms. The number of nitrogens with one attached hydrogen (secondary N) is 2. The minimum absolute atomic E-state index is 0.0512. The third-order valence-electron chi connectivity index (χ3n) is 5.48. The maximum absolute atomic E-state index is 11.8. The fourth-order valence-electron chi connectivity index (χ4n) is 3.98. The molecule has 2 aliphatic rings. The molecule has 5 rings (SSSR count). The molecule has 2 aromatic heterocycles. The first-order valence-corrected chi connectivity index (χ1v) is 9.84. The predicted molar refractivity (Wildman–Crippen MR) is 108 cm³/mol. The minimum Gasteiger partial charge on any atom is -0.339 e. The summed E-state index contributed by atoms with van der Waals surface area (Å²) in [5, 5.41) is 10.4. The summed E-state index contributed by atoms with van der Waals surface area (Å²) in [7, 11) is 0. The van der Waals surface area contributed by atoms with Gasteiger partial charge in [0, 0.05) is 42.8 Å². The molecule has 1 saturated heterocycles. The quantitative estimate of drug-likeness (QED) is 0.709. The molecular formula is C21H22N6O2. The van der Waals surface area contributed by atoms with Crippen molar-refractivity contribution in [2.24, 2.45) is 0 Å². The van der Waals surface area contributed by atoms with Gasteiger partial charge in [-0.3, -0.25) is 9.88 Å². The Bertz CT molecular complexity index is 1060. The maximum atomic E-state index is 11.8. The molecule has 2 aliphatic heterocycles. The van der Waals surface area contributed by atoms with Crippen LogP contribution in [-0.4, -0.2) is 40.8 Å². The largest absolute Gasteiger partial charge is 0.339 e. The van der Waals surface area contributed by atoms with Gasteiger partial charge < -0.3 is 15.2 Å². The van der Waals surface area contributed by atoms with Crippen LogP contribution < -0.4 is 15.5 Å². The molecule has 0 saturated carbocycles. The molecule has 8 nitrogen and oxygen atoms in total. The highest BCUT2D eigenvalue weighted by Gasteiger charge is 2.22. The van der Waals surface area contributed by atoms with Crippen LogP contribution in [0.3, 0.4) is 0 Å². The van der Waals surface area contributed by atoms with Crippen LogP contribution in [0, 0.1) is 6.92 Å². The van der Waals surface area contributed by atoms with E-state index in [0.717, 1.165) is 42.0 Å². The van der Waals surface area contributed by atoms with Crippen molar-refractivity contribution in [3.8, 4) is 11.4 Å². The Balaban J connectivity index is 1.37. The van der Waals surface area contributed by atoms with E-state index in [-0.39, 0.29) is 6.03 Å². The number of carbonyl (C=O) groups excluding carboxylic acids is 1. The van der Waals surface area contributed by atoms with Crippen LogP contribution >= 0.6 is 0 Å². The highest BCUT2D eigenvalue weighted by atomic mass is 16.5. The zero-order valence-corrected chi connectivity index (χ0v) is 16.2. The molecule has 2 amide bonds. The summed E-state index contributed by atoms with van der Waals surface area (Å²) in [5.74, 6) is 1.17. The lowest BCUT2D eigenvalue weighted by atomic mass is 9.95. The van der Waals surface area contributed by atoms with Gasteiger partial charge in [-0.05, 0) is 48.7 Å². The smallest absolute Gasteiger partial charge is 0.321 e. The summed E-state index contributed by atoms with van der Waals surface area (Å²) in [6, 6.07) is 7.84. The number of amides is 2. The topological polar surface area (TPSA) is 96.2 Å². The summed E-state index contributed by atoms with van der Waals surface area (Å²) in [6.45, 7) is 5.12. The Labute approximate surface area is 168 Å². The van der Waals surface area contributed by atoms with E-state index < -0.39 is 0 Å². The van der Waals surface area contributed by atoms with E-state index >= 15 is 0 Å². The molecule has 2 N–H and O–H groups in total. The van der Waals surface area contributed by atoms with E-state index in [1.165, 1.54) is 11.1 Å². The van der Waals surface area contributed by atoms with Crippen molar-refractivity contribution in [3.05, 3.63) is 58.7 Å². The van der Waals surface area contributed by atoms with Crippen LogP contribution in [0.25, 0.3) is 11.4 Å². The monoisotopic (exact) mass is 390 g/mol. The molecule has 0 aliphatic carbocycles. The number of benzene rings is 1. The predicted octanol–water partition coefficient (Wildman–Crippen LogP) is 2.21. The third-order valence-corrected chi connectivity index (χ3v) is 5.48. The lowest BCUT2D eigenvalue weighted by Crippen LogP contribution is -2.27. The van der Waals surface area contributed by atoms with Crippen molar-refractivity contribution >= 4 is 11.7 Å². The number of aryl methyl sites for hydroxylation is 1. The second-order valence-electron chi connectivity index (χ2n) is 7.39. The average molecular weight is 390 g/mol. The third kappa shape index (κ3) is 3.36. The normalized spacial score (nSPS) is 16.0. The zero-order valence-electron chi connectivity index (χ0n) is 16.2. The molecule has 1 fully saturated rings. The highest BCUT2D eigenvalue weighted by Crippen LogP contribution is 2.29. The van der Waals surface area contributed by atoms with Crippen LogP contribution in [0.2, 0.25) is 0 Å². The van der Waals surface area contributed by atoms with Gasteiger partial charge in [-0.25, -0.2) is 4.79 Å². The van der Waals surface area contributed by atoms with Crippen molar-refractivity contribution in [2.75, 3.05) is 24.5 Å². The van der Waals surface area contributed by atoms with Gasteiger partial charge in [0.25, 0.3) is 0 Å². The van der Waals surface area contributed by atoms with Crippen molar-refractivity contribution in [1.29, 1.82) is 0 Å². The Morgan fingerprint density at radius 3 is 2.86 bits per heavy atom. The van der Waals surface area contributed by atoms with Crippen LogP contribution in [-0.2, 0) is 19.4 Å². The molecule has 1 aromatic carbocycles. The summed E-state index contributed by atoms with van der Waals surface area (Å²) < 4.78 is 5.54. The minimum atomic E-state index is -0.0512. The fraction of sp³-hybridized carbons (Fsp3) is 0.333. The van der Waals surface area contributed by atoms with E-state index in [9.17, 15) is 4.79 Å². The maximum Gasteiger partial charge on any atom is 0.321 e. The van der Waals surface area contributed by atoms with Gasteiger partial charge in [0.15, 0.2) is 0 Å². The van der Waals surface area contributed by atoms with Crippen molar-refractivity contribution in [2.45, 2.75) is 26.3 Å². The van der Waals surface area contributed by atoms with Gasteiger partial charge in [0.1, 0.15) is 0 Å². The van der Waals surface area contributed by atoms with Gasteiger partial charge in [0.05, 0.1) is 6.42 Å². The van der Waals surface area contributed by atoms with E-state index in [2.05, 4.69) is 25.8 Å². The molecule has 0 bridgehead atoms. The summed E-state index contributed by atoms with van der Waals surface area (Å²) in [5.41, 5.74) is 6.32. The Morgan fingerprint density at radius 1 is 1.21 bits per heavy atom. The molecule has 0 radical (unpaired) electrons. The van der Waals surface area contributed by atoms with Crippen LogP contribution in [0.15, 0.2) is 35.0 Å². The van der Waals surface area contributed by atoms with Crippen LogP contribution in [0.4, 0.5) is 10.5 Å². The standard InChI is InChI=1S/C21H22N6O2/c1-13-19(17-6-7-22-11-15(17)12-24-13)20-25-18(29-26-20)10-14-2-4-16(5-3-14)27-9-8-23-21(27)28/h2-5,12,22H,6-11H2,1H3,(H,23,28). The molecular weight excluding hydrogens is 368 g/mol. The van der Waals surface area contributed by atoms with Crippen molar-refractivity contribution in [3.63, 3.8) is 0 Å². The van der Waals surface area contributed by atoms with Gasteiger partial charge in [-0.1, -0.05) is 17.3 Å². The van der Waals surface area contributed by atoms with Gasteiger partial charge in [-0.2, -0.15) is 4.98 Å². The number of urea groups is 1. The van der Waals surface area contributed by atoms with Gasteiger partial charge >= 0.3 is 6.03 Å². The molecule has 148 valence electrons. The average Bonchev–Trinajstić information content (AvgIpc) is 3.37. The lowest BCUT2D eigenvalue weighted by Gasteiger charge is -2.19. The summed E-state index contributed by atoms with van der Waals surface area (Å²) in [4.78, 5) is 22.7. The van der Waals surface area contributed by atoms with Crippen molar-refractivity contribution in [1.82, 2.24) is 25.8 Å². The highest BCUT2D eigenvalue weighted by molar-refractivity contribution is 5.93. The molecule has 0 unspecified atom stereocenters. The lowest BCUT2D eigenvalue weighted by molar-refractivity contribution is 0.252. The van der Waals surface area contributed by atoms with Crippen molar-refractivity contribution < 1.29 is 9.32 Å². The molecule has 4 heterocycles. The van der Waals surface area contributed by atoms with E-state index in [0.29, 0.717) is 31.2 Å². The number of aromatic nitrogens is 3. The number of fused-ring (bicyclic) bond motifs is 1. The second-order valence-corrected chi connectivity index (χ2v) is 7.39. The van der Waals surface area contributed by atoms with Gasteiger partial charge in [-0.15, -0.1) is 0 Å². The summed E-state index contributed by atoms with van der Waals surface area (Å²) in [6.07, 6.45) is 3.41. The Hall–Kier alpha value is -3.26. The van der Waals surface area contributed by atoms with Crippen LogP contribution in [0.5, 0.6) is 0 Å². The first-order chi connectivity index (χ1) is 14.2. The number of hydrogen-bond donors (Lipinski definition) is 2. The van der Waals surface area contributed by atoms with E-state index in [1.807, 2.05) is 37.4 Å². The molecule has 0 atom stereocenters. The number of nitrogens with zero attached hydrogens (tertiary/aromatic N) is 4. The van der Waals surface area contributed by atoms with Crippen LogP contribution in [0.1, 0.15) is 28.3 Å². The zero-order chi connectivity index (χ0) is 19.8. The number of anilines is 1. The number of hydrogen-bond acceptors (Lipinski definition) is 6. The Kier molecular flexibility index (Phi) is 4.48. The number of rotatable bonds is 4. The first kappa shape index (κ1) is 17.8. The van der Waals surface area contributed by atoms with E-state index in [1.54, 1.807) is 4.90 Å². The summed E-state index contributed by atoms with van der Waals surface area (Å²) >= 11 is 0.